The predicted octanol–water partition coefficient (Wildman–Crippen LogP) is -0.0291. The zero-order chi connectivity index (χ0) is 26.2. The van der Waals surface area contributed by atoms with Crippen LogP contribution in [0.3, 0.4) is 0 Å². The Morgan fingerprint density at radius 2 is 1.58 bits per heavy atom. The molecule has 2 saturated heterocycles. The molecule has 6 aliphatic rings. The minimum Gasteiger partial charge on any atom is -0.390 e. The molecule has 2 heterocycles. The summed E-state index contributed by atoms with van der Waals surface area (Å²) in [4.78, 5) is 13.6. The second-order valence-corrected chi connectivity index (χ2v) is 13.5. The third-order valence-electron chi connectivity index (χ3n) is 12.2. The van der Waals surface area contributed by atoms with Crippen molar-refractivity contribution in [3.05, 3.63) is 0 Å². The number of Topliss-reactive ketones (excluding diaryl/α,β-unsaturated/α-hetero) is 1. The molecule has 4 saturated carbocycles. The molecule has 0 bridgehead atoms. The van der Waals surface area contributed by atoms with Crippen LogP contribution in [0.5, 0.6) is 0 Å². The first kappa shape index (κ1) is 25.6. The summed E-state index contributed by atoms with van der Waals surface area (Å²) in [5, 5.41) is 65.9. The molecular weight excluding hydrogens is 468 g/mol. The van der Waals surface area contributed by atoms with E-state index in [-0.39, 0.29) is 29.3 Å². The maximum Gasteiger partial charge on any atom is 0.196 e. The van der Waals surface area contributed by atoms with E-state index in [0.29, 0.717) is 25.4 Å². The van der Waals surface area contributed by atoms with Crippen LogP contribution in [0.1, 0.15) is 59.8 Å². The van der Waals surface area contributed by atoms with Crippen molar-refractivity contribution in [1.82, 2.24) is 0 Å². The third kappa shape index (κ3) is 2.72. The van der Waals surface area contributed by atoms with Crippen molar-refractivity contribution >= 4 is 5.78 Å². The average molecular weight is 511 g/mol. The fourth-order valence-corrected chi connectivity index (χ4v) is 10.2. The molecule has 16 atom stereocenters. The number of hydrogen-bond donors (Lipinski definition) is 6. The van der Waals surface area contributed by atoms with Crippen molar-refractivity contribution in [2.75, 3.05) is 6.61 Å². The van der Waals surface area contributed by atoms with Gasteiger partial charge in [-0.1, -0.05) is 27.7 Å². The van der Waals surface area contributed by atoms with Gasteiger partial charge in [-0.25, -0.2) is 0 Å². The first-order chi connectivity index (χ1) is 16.8. The zero-order valence-corrected chi connectivity index (χ0v) is 21.6. The second-order valence-electron chi connectivity index (χ2n) is 13.5. The van der Waals surface area contributed by atoms with Crippen LogP contribution in [0.4, 0.5) is 0 Å². The zero-order valence-electron chi connectivity index (χ0n) is 21.6. The first-order valence-corrected chi connectivity index (χ1v) is 13.7. The van der Waals surface area contributed by atoms with E-state index in [2.05, 4.69) is 20.8 Å². The van der Waals surface area contributed by atoms with Crippen LogP contribution in [-0.2, 0) is 14.3 Å². The monoisotopic (exact) mass is 510 g/mol. The Hall–Kier alpha value is -0.650. The molecule has 0 amide bonds. The van der Waals surface area contributed by atoms with Gasteiger partial charge >= 0.3 is 0 Å². The first-order valence-electron chi connectivity index (χ1n) is 13.7. The highest BCUT2D eigenvalue weighted by atomic mass is 16.7. The summed E-state index contributed by atoms with van der Waals surface area (Å²) in [6, 6.07) is 0. The number of carbonyl (C=O) groups is 1. The molecule has 6 rings (SSSR count). The van der Waals surface area contributed by atoms with Crippen LogP contribution in [0.15, 0.2) is 0 Å². The molecule has 0 aromatic carbocycles. The summed E-state index contributed by atoms with van der Waals surface area (Å²) < 4.78 is 13.0. The topological polar surface area (TPSA) is 157 Å². The Labute approximate surface area is 211 Å². The van der Waals surface area contributed by atoms with E-state index in [0.717, 1.165) is 19.3 Å². The molecule has 6 N–H and O–H groups in total. The van der Waals surface area contributed by atoms with Crippen molar-refractivity contribution in [2.24, 2.45) is 46.3 Å². The van der Waals surface area contributed by atoms with Crippen molar-refractivity contribution in [1.29, 1.82) is 0 Å². The average Bonchev–Trinajstić information content (AvgIpc) is 3.29. The summed E-state index contributed by atoms with van der Waals surface area (Å²) in [5.74, 6) is -1.98. The van der Waals surface area contributed by atoms with Crippen LogP contribution in [0.2, 0.25) is 0 Å². The Balaban J connectivity index is 1.37. The van der Waals surface area contributed by atoms with Gasteiger partial charge in [0.15, 0.2) is 17.2 Å². The lowest BCUT2D eigenvalue weighted by molar-refractivity contribution is -0.315. The normalized spacial score (nSPS) is 64.6. The molecule has 2 aliphatic heterocycles. The number of ether oxygens (including phenoxy) is 2. The summed E-state index contributed by atoms with van der Waals surface area (Å²) in [5.41, 5.74) is -4.46. The predicted molar refractivity (Wildman–Crippen MR) is 125 cm³/mol. The Bertz CT molecular complexity index is 934. The van der Waals surface area contributed by atoms with Gasteiger partial charge in [0.25, 0.3) is 0 Å². The highest BCUT2D eigenvalue weighted by molar-refractivity contribution is 5.94. The number of aliphatic hydroxyl groups excluding tert-OH is 5. The second kappa shape index (κ2) is 7.72. The number of fused-ring (bicyclic) bond motifs is 7. The van der Waals surface area contributed by atoms with Crippen LogP contribution in [-0.4, -0.2) is 91.0 Å². The van der Waals surface area contributed by atoms with Gasteiger partial charge < -0.3 is 40.1 Å². The molecule has 4 aliphatic carbocycles. The Morgan fingerprint density at radius 1 is 0.917 bits per heavy atom. The highest BCUT2D eigenvalue weighted by Crippen LogP contribution is 2.71. The fourth-order valence-electron chi connectivity index (χ4n) is 10.2. The van der Waals surface area contributed by atoms with E-state index in [4.69, 9.17) is 9.47 Å². The lowest BCUT2D eigenvalue weighted by atomic mass is 9.40. The smallest absolute Gasteiger partial charge is 0.196 e. The maximum atomic E-state index is 13.6. The van der Waals surface area contributed by atoms with E-state index >= 15 is 0 Å². The van der Waals surface area contributed by atoms with E-state index in [9.17, 15) is 35.4 Å². The molecule has 16 unspecified atom stereocenters. The van der Waals surface area contributed by atoms with Crippen molar-refractivity contribution in [2.45, 2.75) is 108 Å². The van der Waals surface area contributed by atoms with Gasteiger partial charge in [-0.3, -0.25) is 4.79 Å². The molecule has 6 fully saturated rings. The Morgan fingerprint density at radius 3 is 2.22 bits per heavy atom. The van der Waals surface area contributed by atoms with Crippen LogP contribution >= 0.6 is 0 Å². The van der Waals surface area contributed by atoms with Crippen molar-refractivity contribution in [3.8, 4) is 0 Å². The molecule has 9 heteroatoms. The molecule has 1 spiro atoms. The largest absolute Gasteiger partial charge is 0.390 e. The molecule has 9 nitrogen and oxygen atoms in total. The summed E-state index contributed by atoms with van der Waals surface area (Å²) in [7, 11) is 0. The molecule has 0 aromatic rings. The number of carbonyl (C=O) groups excluding carboxylic acids is 1. The van der Waals surface area contributed by atoms with Gasteiger partial charge in [0.2, 0.25) is 0 Å². The third-order valence-corrected chi connectivity index (χ3v) is 12.2. The highest BCUT2D eigenvalue weighted by Gasteiger charge is 2.78. The van der Waals surface area contributed by atoms with Gasteiger partial charge in [0.1, 0.15) is 24.4 Å². The van der Waals surface area contributed by atoms with Crippen LogP contribution < -0.4 is 0 Å². The van der Waals surface area contributed by atoms with E-state index < -0.39 is 64.9 Å². The van der Waals surface area contributed by atoms with Gasteiger partial charge in [0, 0.05) is 17.8 Å². The van der Waals surface area contributed by atoms with E-state index in [1.165, 1.54) is 6.92 Å². The quantitative estimate of drug-likeness (QED) is 0.263. The minimum atomic E-state index is -2.58. The lowest BCUT2D eigenvalue weighted by Gasteiger charge is -2.66. The van der Waals surface area contributed by atoms with E-state index in [1.807, 2.05) is 0 Å². The van der Waals surface area contributed by atoms with Crippen LogP contribution in [0, 0.1) is 46.3 Å². The minimum absolute atomic E-state index is 0.0765. The molecular formula is C27H42O9. The fraction of sp³-hybridized carbons (Fsp3) is 0.963. The van der Waals surface area contributed by atoms with Crippen molar-refractivity contribution < 1.29 is 44.9 Å². The molecule has 0 aromatic heterocycles. The van der Waals surface area contributed by atoms with Crippen molar-refractivity contribution in [3.63, 3.8) is 0 Å². The van der Waals surface area contributed by atoms with Crippen LogP contribution in [0.25, 0.3) is 0 Å². The standard InChI is InChI=1S/C27H42O9/c1-11-5-8-26(35-10-11)12(2)17-15(36-26)9-14-16-13(6-7-24(14,17)3)25(4)21(31)19(29)20(30)23(33)27(25,34)22(32)18(16)28/h11-21,23,28-31,33-34H,5-10H2,1-4H3. The van der Waals surface area contributed by atoms with Gasteiger partial charge in [-0.05, 0) is 60.7 Å². The van der Waals surface area contributed by atoms with E-state index in [1.54, 1.807) is 0 Å². The molecule has 36 heavy (non-hydrogen) atoms. The van der Waals surface area contributed by atoms with Gasteiger partial charge in [0.05, 0.1) is 18.8 Å². The number of hydrogen-bond acceptors (Lipinski definition) is 9. The SMILES string of the molecule is CC1CCC2(OC1)OC1CC3C4C(O)C(=O)C5(O)C(O)C(O)C(O)C(O)C5(C)C4CCC3(C)C1C2C. The summed E-state index contributed by atoms with van der Waals surface area (Å²) >= 11 is 0. The Kier molecular flexibility index (Phi) is 5.49. The van der Waals surface area contributed by atoms with Gasteiger partial charge in [-0.15, -0.1) is 0 Å². The summed E-state index contributed by atoms with van der Waals surface area (Å²) in [6.07, 6.45) is -5.17. The van der Waals surface area contributed by atoms with Gasteiger partial charge in [-0.2, -0.15) is 0 Å². The molecule has 204 valence electrons. The number of aliphatic hydroxyl groups is 6. The number of ketones is 1. The summed E-state index contributed by atoms with van der Waals surface area (Å²) in [6.45, 7) is 8.78. The lowest BCUT2D eigenvalue weighted by Crippen LogP contribution is -2.82. The maximum absolute atomic E-state index is 13.6. The molecule has 0 radical (unpaired) electrons. The number of rotatable bonds is 0.